The van der Waals surface area contributed by atoms with E-state index >= 15 is 0 Å². The van der Waals surface area contributed by atoms with E-state index in [9.17, 15) is 4.79 Å². The molecule has 0 bridgehead atoms. The fraction of sp³-hybridized carbons (Fsp3) is 0.909. The Bertz CT molecular complexity index is 172. The van der Waals surface area contributed by atoms with E-state index in [0.29, 0.717) is 32.5 Å². The quantitative estimate of drug-likeness (QED) is 0.520. The van der Waals surface area contributed by atoms with Gasteiger partial charge in [0.25, 0.3) is 0 Å². The zero-order chi connectivity index (χ0) is 11.7. The maximum absolute atomic E-state index is 11.2. The lowest BCUT2D eigenvalue weighted by Crippen LogP contribution is -2.23. The molecule has 0 radical (unpaired) electrons. The lowest BCUT2D eigenvalue weighted by molar-refractivity contribution is -0.155. The van der Waals surface area contributed by atoms with Gasteiger partial charge in [-0.3, -0.25) is 4.79 Å². The second-order valence-corrected chi connectivity index (χ2v) is 4.38. The van der Waals surface area contributed by atoms with Crippen LogP contribution in [0.2, 0.25) is 0 Å². The molecular weight excluding hydrogens is 196 g/mol. The fourth-order valence-corrected chi connectivity index (χ4v) is 0.980. The molecule has 0 aliphatic heterocycles. The monoisotopic (exact) mass is 218 g/mol. The van der Waals surface area contributed by atoms with Gasteiger partial charge in [0, 0.05) is 26.2 Å². The van der Waals surface area contributed by atoms with E-state index in [1.165, 1.54) is 0 Å². The Morgan fingerprint density at radius 3 is 2.33 bits per heavy atom. The Kier molecular flexibility index (Phi) is 7.34. The second kappa shape index (κ2) is 7.65. The maximum atomic E-state index is 11.2. The lowest BCUT2D eigenvalue weighted by Gasteiger charge is -2.19. The molecule has 0 fully saturated rings. The topological polar surface area (TPSA) is 55.8 Å². The molecule has 0 aliphatic rings. The highest BCUT2D eigenvalue weighted by molar-refractivity contribution is 5.69. The summed E-state index contributed by atoms with van der Waals surface area (Å²) >= 11 is 0. The standard InChI is InChI=1S/C11H22O4/c1-11(2,3)15-10(13)6-4-8-14-9-5-7-12/h12H,4-9H2,1-3H3. The summed E-state index contributed by atoms with van der Waals surface area (Å²) < 4.78 is 10.3. The lowest BCUT2D eigenvalue weighted by atomic mass is 10.2. The molecule has 0 amide bonds. The van der Waals surface area contributed by atoms with E-state index in [1.807, 2.05) is 20.8 Å². The first-order valence-corrected chi connectivity index (χ1v) is 5.36. The smallest absolute Gasteiger partial charge is 0.306 e. The van der Waals surface area contributed by atoms with E-state index in [-0.39, 0.29) is 12.6 Å². The van der Waals surface area contributed by atoms with Crippen LogP contribution in [-0.4, -0.2) is 36.5 Å². The summed E-state index contributed by atoms with van der Waals surface area (Å²) in [5, 5.41) is 8.48. The summed E-state index contributed by atoms with van der Waals surface area (Å²) in [6.45, 7) is 6.78. The molecule has 0 aromatic rings. The number of esters is 1. The molecule has 0 heterocycles. The Hall–Kier alpha value is -0.610. The van der Waals surface area contributed by atoms with Crippen molar-refractivity contribution >= 4 is 5.97 Å². The minimum Gasteiger partial charge on any atom is -0.460 e. The molecule has 0 unspecified atom stereocenters. The number of aliphatic hydroxyl groups is 1. The first-order valence-electron chi connectivity index (χ1n) is 5.36. The zero-order valence-corrected chi connectivity index (χ0v) is 9.91. The minimum absolute atomic E-state index is 0.145. The summed E-state index contributed by atoms with van der Waals surface area (Å²) in [5.41, 5.74) is -0.408. The van der Waals surface area contributed by atoms with E-state index in [1.54, 1.807) is 0 Å². The number of carbonyl (C=O) groups is 1. The van der Waals surface area contributed by atoms with Gasteiger partial charge in [-0.25, -0.2) is 0 Å². The van der Waals surface area contributed by atoms with Crippen LogP contribution in [-0.2, 0) is 14.3 Å². The number of hydrogen-bond donors (Lipinski definition) is 1. The van der Waals surface area contributed by atoms with Crippen LogP contribution in [0.25, 0.3) is 0 Å². The van der Waals surface area contributed by atoms with Crippen molar-refractivity contribution in [1.29, 1.82) is 0 Å². The van der Waals surface area contributed by atoms with Crippen LogP contribution in [0.1, 0.15) is 40.0 Å². The molecular formula is C11H22O4. The molecule has 0 aliphatic carbocycles. The maximum Gasteiger partial charge on any atom is 0.306 e. The molecule has 0 spiro atoms. The number of rotatable bonds is 7. The molecule has 0 atom stereocenters. The Morgan fingerprint density at radius 2 is 1.80 bits per heavy atom. The minimum atomic E-state index is -0.408. The van der Waals surface area contributed by atoms with Gasteiger partial charge in [-0.15, -0.1) is 0 Å². The SMILES string of the molecule is CC(C)(C)OC(=O)CCCOCCCO. The second-order valence-electron chi connectivity index (χ2n) is 4.38. The average Bonchev–Trinajstić information content (AvgIpc) is 2.08. The predicted molar refractivity (Wildman–Crippen MR) is 57.6 cm³/mol. The highest BCUT2D eigenvalue weighted by Gasteiger charge is 2.15. The molecule has 0 saturated carbocycles. The van der Waals surface area contributed by atoms with E-state index < -0.39 is 5.60 Å². The first kappa shape index (κ1) is 14.4. The van der Waals surface area contributed by atoms with Crippen molar-refractivity contribution in [1.82, 2.24) is 0 Å². The number of ether oxygens (including phenoxy) is 2. The third-order valence-corrected chi connectivity index (χ3v) is 1.54. The molecule has 4 nitrogen and oxygen atoms in total. The highest BCUT2D eigenvalue weighted by Crippen LogP contribution is 2.08. The van der Waals surface area contributed by atoms with Crippen LogP contribution in [0.4, 0.5) is 0 Å². The number of aliphatic hydroxyl groups excluding tert-OH is 1. The molecule has 15 heavy (non-hydrogen) atoms. The molecule has 4 heteroatoms. The molecule has 0 aromatic carbocycles. The third-order valence-electron chi connectivity index (χ3n) is 1.54. The van der Waals surface area contributed by atoms with Gasteiger partial charge in [-0.05, 0) is 33.6 Å². The van der Waals surface area contributed by atoms with Crippen LogP contribution in [0.5, 0.6) is 0 Å². The van der Waals surface area contributed by atoms with Gasteiger partial charge in [-0.2, -0.15) is 0 Å². The van der Waals surface area contributed by atoms with Gasteiger partial charge in [0.2, 0.25) is 0 Å². The summed E-state index contributed by atoms with van der Waals surface area (Å²) in [7, 11) is 0. The van der Waals surface area contributed by atoms with E-state index in [0.717, 1.165) is 0 Å². The summed E-state index contributed by atoms with van der Waals surface area (Å²) in [6, 6.07) is 0. The zero-order valence-electron chi connectivity index (χ0n) is 9.91. The van der Waals surface area contributed by atoms with E-state index in [4.69, 9.17) is 14.6 Å². The van der Waals surface area contributed by atoms with Crippen LogP contribution in [0, 0.1) is 0 Å². The van der Waals surface area contributed by atoms with Crippen molar-refractivity contribution in [2.45, 2.75) is 45.6 Å². The molecule has 0 aromatic heterocycles. The summed E-state index contributed by atoms with van der Waals surface area (Å²) in [4.78, 5) is 11.2. The van der Waals surface area contributed by atoms with Gasteiger partial charge in [-0.1, -0.05) is 0 Å². The van der Waals surface area contributed by atoms with Crippen molar-refractivity contribution in [3.63, 3.8) is 0 Å². The average molecular weight is 218 g/mol. The van der Waals surface area contributed by atoms with Gasteiger partial charge in [0.1, 0.15) is 5.60 Å². The van der Waals surface area contributed by atoms with Gasteiger partial charge in [0.05, 0.1) is 0 Å². The molecule has 90 valence electrons. The molecule has 1 N–H and O–H groups in total. The third kappa shape index (κ3) is 11.3. The van der Waals surface area contributed by atoms with Crippen molar-refractivity contribution in [2.75, 3.05) is 19.8 Å². The van der Waals surface area contributed by atoms with Crippen LogP contribution in [0.15, 0.2) is 0 Å². The Labute approximate surface area is 91.6 Å². The summed E-state index contributed by atoms with van der Waals surface area (Å²) in [6.07, 6.45) is 1.70. The van der Waals surface area contributed by atoms with Crippen LogP contribution in [0.3, 0.4) is 0 Å². The fourth-order valence-electron chi connectivity index (χ4n) is 0.980. The number of carbonyl (C=O) groups excluding carboxylic acids is 1. The number of hydrogen-bond acceptors (Lipinski definition) is 4. The van der Waals surface area contributed by atoms with Crippen molar-refractivity contribution < 1.29 is 19.4 Å². The van der Waals surface area contributed by atoms with Gasteiger partial charge < -0.3 is 14.6 Å². The van der Waals surface area contributed by atoms with Crippen LogP contribution < -0.4 is 0 Å². The predicted octanol–water partition coefficient (Wildman–Crippen LogP) is 1.51. The molecule has 0 rings (SSSR count). The van der Waals surface area contributed by atoms with Crippen molar-refractivity contribution in [3.05, 3.63) is 0 Å². The van der Waals surface area contributed by atoms with Crippen molar-refractivity contribution in [2.24, 2.45) is 0 Å². The largest absolute Gasteiger partial charge is 0.460 e. The summed E-state index contributed by atoms with van der Waals surface area (Å²) in [5.74, 6) is -0.187. The van der Waals surface area contributed by atoms with E-state index in [2.05, 4.69) is 0 Å². The Balaban J connectivity index is 3.32. The normalized spacial score (nSPS) is 11.5. The first-order chi connectivity index (χ1) is 6.95. The van der Waals surface area contributed by atoms with Crippen LogP contribution >= 0.6 is 0 Å². The molecule has 0 saturated heterocycles. The van der Waals surface area contributed by atoms with Gasteiger partial charge >= 0.3 is 5.97 Å². The Morgan fingerprint density at radius 1 is 1.20 bits per heavy atom. The van der Waals surface area contributed by atoms with Crippen molar-refractivity contribution in [3.8, 4) is 0 Å². The highest BCUT2D eigenvalue weighted by atomic mass is 16.6. The van der Waals surface area contributed by atoms with Gasteiger partial charge in [0.15, 0.2) is 0 Å².